The minimum atomic E-state index is -0.292. The number of rotatable bonds is 6. The van der Waals surface area contributed by atoms with Crippen molar-refractivity contribution in [2.24, 2.45) is 11.7 Å². The molecule has 0 saturated carbocycles. The standard InChI is InChI=1S/C18H27N3O2/c1-2-3-5-14-7-9-16(10-8-14)20-18(23)21-11-4-6-15(13-21)12-17(19)22/h7-10,15H,2-6,11-13H2,1H3,(H2,19,22)(H,20,23)/t15-/m0/s1. The van der Waals surface area contributed by atoms with Crippen molar-refractivity contribution in [3.8, 4) is 0 Å². The maximum atomic E-state index is 12.4. The Hall–Kier alpha value is -2.04. The highest BCUT2D eigenvalue weighted by Crippen LogP contribution is 2.20. The molecule has 5 heteroatoms. The number of carbonyl (C=O) groups is 2. The number of urea groups is 1. The zero-order valence-electron chi connectivity index (χ0n) is 13.9. The lowest BCUT2D eigenvalue weighted by molar-refractivity contribution is -0.119. The molecule has 3 N–H and O–H groups in total. The molecule has 0 spiro atoms. The summed E-state index contributed by atoms with van der Waals surface area (Å²) in [6.07, 6.45) is 5.67. The number of carbonyl (C=O) groups excluding carboxylic acids is 2. The van der Waals surface area contributed by atoms with Gasteiger partial charge < -0.3 is 16.0 Å². The molecule has 1 aliphatic rings. The molecule has 1 aromatic rings. The Balaban J connectivity index is 1.86. The minimum absolute atomic E-state index is 0.0968. The van der Waals surface area contributed by atoms with Gasteiger partial charge in [0.05, 0.1) is 0 Å². The van der Waals surface area contributed by atoms with E-state index >= 15 is 0 Å². The number of nitrogens with zero attached hydrogens (tertiary/aromatic N) is 1. The van der Waals surface area contributed by atoms with Crippen molar-refractivity contribution in [2.75, 3.05) is 18.4 Å². The van der Waals surface area contributed by atoms with Gasteiger partial charge in [-0.2, -0.15) is 0 Å². The first-order chi connectivity index (χ1) is 11.1. The fraction of sp³-hybridized carbons (Fsp3) is 0.556. The lowest BCUT2D eigenvalue weighted by Crippen LogP contribution is -2.43. The second-order valence-electron chi connectivity index (χ2n) is 6.36. The SMILES string of the molecule is CCCCc1ccc(NC(=O)N2CCC[C@@H](CC(N)=O)C2)cc1. The number of nitrogens with one attached hydrogen (secondary N) is 1. The number of anilines is 1. The number of benzene rings is 1. The first-order valence-corrected chi connectivity index (χ1v) is 8.51. The summed E-state index contributed by atoms with van der Waals surface area (Å²) >= 11 is 0. The molecule has 0 aromatic heterocycles. The average molecular weight is 317 g/mol. The van der Waals surface area contributed by atoms with Crippen LogP contribution in [0.5, 0.6) is 0 Å². The van der Waals surface area contributed by atoms with Gasteiger partial charge in [-0.15, -0.1) is 0 Å². The van der Waals surface area contributed by atoms with Crippen molar-refractivity contribution in [1.82, 2.24) is 4.90 Å². The highest BCUT2D eigenvalue weighted by Gasteiger charge is 2.24. The number of likely N-dealkylation sites (tertiary alicyclic amines) is 1. The summed E-state index contributed by atoms with van der Waals surface area (Å²) in [7, 11) is 0. The Kier molecular flexibility index (Phi) is 6.44. The predicted molar refractivity (Wildman–Crippen MR) is 92.2 cm³/mol. The van der Waals surface area contributed by atoms with Gasteiger partial charge in [-0.05, 0) is 49.3 Å². The fourth-order valence-corrected chi connectivity index (χ4v) is 3.04. The van der Waals surface area contributed by atoms with Gasteiger partial charge in [0.2, 0.25) is 5.91 Å². The van der Waals surface area contributed by atoms with Gasteiger partial charge in [0.15, 0.2) is 0 Å². The molecule has 2 rings (SSSR count). The highest BCUT2D eigenvalue weighted by atomic mass is 16.2. The van der Waals surface area contributed by atoms with Crippen LogP contribution in [0.2, 0.25) is 0 Å². The maximum absolute atomic E-state index is 12.4. The van der Waals surface area contributed by atoms with Crippen LogP contribution in [0.3, 0.4) is 0 Å². The molecule has 1 aromatic carbocycles. The van der Waals surface area contributed by atoms with E-state index in [4.69, 9.17) is 5.73 Å². The number of nitrogens with two attached hydrogens (primary N) is 1. The van der Waals surface area contributed by atoms with Gasteiger partial charge in [-0.3, -0.25) is 4.79 Å². The van der Waals surface area contributed by atoms with E-state index in [-0.39, 0.29) is 17.9 Å². The quantitative estimate of drug-likeness (QED) is 0.845. The summed E-state index contributed by atoms with van der Waals surface area (Å²) in [5, 5.41) is 2.94. The molecular weight excluding hydrogens is 290 g/mol. The number of hydrogen-bond donors (Lipinski definition) is 2. The van der Waals surface area contributed by atoms with Gasteiger partial charge in [-0.25, -0.2) is 4.79 Å². The third-order valence-electron chi connectivity index (χ3n) is 4.32. The van der Waals surface area contributed by atoms with Gasteiger partial charge in [-0.1, -0.05) is 25.5 Å². The Bertz CT molecular complexity index is 528. The molecule has 1 saturated heterocycles. The predicted octanol–water partition coefficient (Wildman–Crippen LogP) is 3.15. The Morgan fingerprint density at radius 1 is 1.30 bits per heavy atom. The van der Waals surface area contributed by atoms with Gasteiger partial charge in [0, 0.05) is 25.2 Å². The maximum Gasteiger partial charge on any atom is 0.321 e. The number of amides is 3. The Morgan fingerprint density at radius 2 is 2.04 bits per heavy atom. The summed E-state index contributed by atoms with van der Waals surface area (Å²) in [4.78, 5) is 25.2. The summed E-state index contributed by atoms with van der Waals surface area (Å²) in [6.45, 7) is 3.51. The zero-order chi connectivity index (χ0) is 16.7. The third kappa shape index (κ3) is 5.58. The molecule has 5 nitrogen and oxygen atoms in total. The summed E-state index contributed by atoms with van der Waals surface area (Å²) < 4.78 is 0. The largest absolute Gasteiger partial charge is 0.370 e. The van der Waals surface area contributed by atoms with Crippen LogP contribution in [-0.2, 0) is 11.2 Å². The second-order valence-corrected chi connectivity index (χ2v) is 6.36. The Labute approximate surface area is 138 Å². The first-order valence-electron chi connectivity index (χ1n) is 8.51. The van der Waals surface area contributed by atoms with Crippen molar-refractivity contribution in [2.45, 2.75) is 45.4 Å². The Morgan fingerprint density at radius 3 is 2.70 bits per heavy atom. The monoisotopic (exact) mass is 317 g/mol. The molecule has 126 valence electrons. The van der Waals surface area contributed by atoms with E-state index in [1.165, 1.54) is 18.4 Å². The van der Waals surface area contributed by atoms with E-state index in [0.717, 1.165) is 31.5 Å². The van der Waals surface area contributed by atoms with Crippen LogP contribution in [0, 0.1) is 5.92 Å². The minimum Gasteiger partial charge on any atom is -0.370 e. The van der Waals surface area contributed by atoms with Crippen molar-refractivity contribution in [3.63, 3.8) is 0 Å². The van der Waals surface area contributed by atoms with Crippen LogP contribution in [0.4, 0.5) is 10.5 Å². The van der Waals surface area contributed by atoms with Crippen molar-refractivity contribution in [3.05, 3.63) is 29.8 Å². The summed E-state index contributed by atoms with van der Waals surface area (Å²) in [6, 6.07) is 7.94. The van der Waals surface area contributed by atoms with E-state index < -0.39 is 0 Å². The van der Waals surface area contributed by atoms with E-state index in [1.807, 2.05) is 12.1 Å². The molecule has 1 fully saturated rings. The lowest BCUT2D eigenvalue weighted by atomic mass is 9.95. The number of primary amides is 1. The normalized spacial score (nSPS) is 17.8. The average Bonchev–Trinajstić information content (AvgIpc) is 2.54. The molecule has 3 amide bonds. The molecule has 1 heterocycles. The van der Waals surface area contributed by atoms with Gasteiger partial charge in [0.25, 0.3) is 0 Å². The van der Waals surface area contributed by atoms with Crippen molar-refractivity contribution >= 4 is 17.6 Å². The van der Waals surface area contributed by atoms with Gasteiger partial charge >= 0.3 is 6.03 Å². The summed E-state index contributed by atoms with van der Waals surface area (Å²) in [5.41, 5.74) is 7.37. The van der Waals surface area contributed by atoms with Crippen LogP contribution in [0.25, 0.3) is 0 Å². The van der Waals surface area contributed by atoms with Crippen LogP contribution in [0.1, 0.15) is 44.6 Å². The number of aryl methyl sites for hydroxylation is 1. The van der Waals surface area contributed by atoms with E-state index in [1.54, 1.807) is 4.90 Å². The second kappa shape index (κ2) is 8.56. The van der Waals surface area contributed by atoms with E-state index in [9.17, 15) is 9.59 Å². The number of hydrogen-bond acceptors (Lipinski definition) is 2. The lowest BCUT2D eigenvalue weighted by Gasteiger charge is -2.32. The molecule has 0 radical (unpaired) electrons. The van der Waals surface area contributed by atoms with Crippen LogP contribution >= 0.6 is 0 Å². The van der Waals surface area contributed by atoms with E-state index in [0.29, 0.717) is 13.0 Å². The molecule has 0 unspecified atom stereocenters. The third-order valence-corrected chi connectivity index (χ3v) is 4.32. The van der Waals surface area contributed by atoms with Crippen molar-refractivity contribution < 1.29 is 9.59 Å². The summed E-state index contributed by atoms with van der Waals surface area (Å²) in [5.74, 6) is -0.108. The zero-order valence-corrected chi connectivity index (χ0v) is 13.9. The highest BCUT2D eigenvalue weighted by molar-refractivity contribution is 5.89. The fourth-order valence-electron chi connectivity index (χ4n) is 3.04. The topological polar surface area (TPSA) is 75.4 Å². The molecule has 1 atom stereocenters. The van der Waals surface area contributed by atoms with E-state index in [2.05, 4.69) is 24.4 Å². The molecule has 1 aliphatic heterocycles. The molecular formula is C18H27N3O2. The first kappa shape index (κ1) is 17.3. The number of unbranched alkanes of at least 4 members (excludes halogenated alkanes) is 1. The molecule has 0 aliphatic carbocycles. The van der Waals surface area contributed by atoms with Crippen molar-refractivity contribution in [1.29, 1.82) is 0 Å². The molecule has 0 bridgehead atoms. The molecule has 23 heavy (non-hydrogen) atoms. The van der Waals surface area contributed by atoms with Crippen LogP contribution < -0.4 is 11.1 Å². The van der Waals surface area contributed by atoms with Gasteiger partial charge in [0.1, 0.15) is 0 Å². The smallest absolute Gasteiger partial charge is 0.321 e. The number of piperidine rings is 1. The van der Waals surface area contributed by atoms with Crippen LogP contribution in [-0.4, -0.2) is 29.9 Å². The van der Waals surface area contributed by atoms with Crippen LogP contribution in [0.15, 0.2) is 24.3 Å².